The zero-order chi connectivity index (χ0) is 17.2. The average Bonchev–Trinajstić information content (AvgIpc) is 3.27. The fraction of sp³-hybridized carbons (Fsp3) is 0.500. The lowest BCUT2D eigenvalue weighted by Gasteiger charge is -2.31. The number of likely N-dealkylation sites (tertiary alicyclic amines) is 1. The van der Waals surface area contributed by atoms with E-state index >= 15 is 0 Å². The van der Waals surface area contributed by atoms with Gasteiger partial charge in [0.05, 0.1) is 4.88 Å². The number of hydrogen-bond acceptors (Lipinski definition) is 6. The van der Waals surface area contributed by atoms with E-state index in [1.807, 2.05) is 17.5 Å². The van der Waals surface area contributed by atoms with Gasteiger partial charge in [0, 0.05) is 19.4 Å². The smallest absolute Gasteiger partial charge is 0.329 e. The molecule has 1 unspecified atom stereocenters. The third-order valence-electron chi connectivity index (χ3n) is 4.39. The summed E-state index contributed by atoms with van der Waals surface area (Å²) in [7, 11) is 0. The average molecular weight is 349 g/mol. The molecule has 24 heavy (non-hydrogen) atoms. The lowest BCUT2D eigenvalue weighted by molar-refractivity contribution is -0.155. The molecule has 0 aromatic carbocycles. The van der Waals surface area contributed by atoms with E-state index in [-0.39, 0.29) is 12.3 Å². The number of hydrogen-bond donors (Lipinski definition) is 1. The van der Waals surface area contributed by atoms with Gasteiger partial charge >= 0.3 is 5.97 Å². The molecule has 0 bridgehead atoms. The summed E-state index contributed by atoms with van der Waals surface area (Å²) in [5.41, 5.74) is -1.08. The molecule has 2 aromatic rings. The molecule has 1 atom stereocenters. The number of aliphatic carboxylic acids is 1. The number of nitrogens with zero attached hydrogens (tertiary/aromatic N) is 3. The third kappa shape index (κ3) is 3.19. The van der Waals surface area contributed by atoms with Crippen molar-refractivity contribution in [2.45, 2.75) is 44.6 Å². The van der Waals surface area contributed by atoms with E-state index in [1.54, 1.807) is 6.92 Å². The van der Waals surface area contributed by atoms with Crippen LogP contribution in [0, 0.1) is 0 Å². The Morgan fingerprint density at radius 1 is 1.50 bits per heavy atom. The normalized spacial score (nSPS) is 20.5. The van der Waals surface area contributed by atoms with Gasteiger partial charge in [0.2, 0.25) is 17.6 Å². The van der Waals surface area contributed by atoms with Crippen molar-refractivity contribution in [3.8, 4) is 10.7 Å². The Kier molecular flexibility index (Phi) is 4.66. The second kappa shape index (κ2) is 6.72. The van der Waals surface area contributed by atoms with E-state index in [1.165, 1.54) is 16.2 Å². The summed E-state index contributed by atoms with van der Waals surface area (Å²) >= 11 is 1.54. The monoisotopic (exact) mass is 349 g/mol. The summed E-state index contributed by atoms with van der Waals surface area (Å²) in [5.74, 6) is -0.0147. The van der Waals surface area contributed by atoms with Gasteiger partial charge in [-0.15, -0.1) is 11.3 Å². The molecule has 1 aliphatic rings. The zero-order valence-corrected chi connectivity index (χ0v) is 14.2. The molecule has 3 heterocycles. The van der Waals surface area contributed by atoms with Crippen molar-refractivity contribution in [1.29, 1.82) is 0 Å². The lowest BCUT2D eigenvalue weighted by atomic mass is 9.99. The molecule has 1 amide bonds. The number of aromatic nitrogens is 2. The van der Waals surface area contributed by atoms with Crippen LogP contribution >= 0.6 is 11.3 Å². The molecule has 1 saturated heterocycles. The lowest BCUT2D eigenvalue weighted by Crippen LogP contribution is -2.50. The van der Waals surface area contributed by atoms with Crippen LogP contribution in [-0.4, -0.2) is 44.1 Å². The fourth-order valence-electron chi connectivity index (χ4n) is 2.97. The second-order valence-corrected chi connectivity index (χ2v) is 7.02. The number of carboxylic acid groups (broad SMARTS) is 1. The van der Waals surface area contributed by atoms with Gasteiger partial charge in [-0.05, 0) is 37.6 Å². The van der Waals surface area contributed by atoms with Crippen LogP contribution in [0.1, 0.15) is 38.5 Å². The first-order valence-corrected chi connectivity index (χ1v) is 8.79. The number of thiophene rings is 1. The maximum atomic E-state index is 12.3. The van der Waals surface area contributed by atoms with Crippen molar-refractivity contribution < 1.29 is 19.2 Å². The van der Waals surface area contributed by atoms with Gasteiger partial charge in [-0.25, -0.2) is 4.79 Å². The molecule has 7 nitrogen and oxygen atoms in total. The summed E-state index contributed by atoms with van der Waals surface area (Å²) in [6.45, 7) is 2.12. The molecule has 0 radical (unpaired) electrons. The van der Waals surface area contributed by atoms with Gasteiger partial charge in [0.1, 0.15) is 5.54 Å². The number of carboxylic acids is 1. The molecule has 0 spiro atoms. The first-order chi connectivity index (χ1) is 11.5. The second-order valence-electron chi connectivity index (χ2n) is 6.07. The van der Waals surface area contributed by atoms with Crippen LogP contribution in [0.2, 0.25) is 0 Å². The van der Waals surface area contributed by atoms with E-state index in [0.717, 1.165) is 11.3 Å². The van der Waals surface area contributed by atoms with Crippen LogP contribution in [0.3, 0.4) is 0 Å². The van der Waals surface area contributed by atoms with Crippen LogP contribution in [-0.2, 0) is 16.0 Å². The molecule has 0 aliphatic carbocycles. The highest BCUT2D eigenvalue weighted by Crippen LogP contribution is 2.30. The van der Waals surface area contributed by atoms with Crippen molar-refractivity contribution in [1.82, 2.24) is 15.0 Å². The van der Waals surface area contributed by atoms with Gasteiger partial charge in [-0.2, -0.15) is 4.98 Å². The Labute approximate surface area is 143 Å². The van der Waals surface area contributed by atoms with E-state index in [4.69, 9.17) is 4.52 Å². The van der Waals surface area contributed by atoms with Crippen LogP contribution in [0.25, 0.3) is 10.7 Å². The minimum atomic E-state index is -1.08. The molecule has 2 aromatic heterocycles. The van der Waals surface area contributed by atoms with Crippen molar-refractivity contribution in [3.63, 3.8) is 0 Å². The molecular weight excluding hydrogens is 330 g/mol. The minimum absolute atomic E-state index is 0.129. The molecule has 1 N–H and O–H groups in total. The Morgan fingerprint density at radius 2 is 2.33 bits per heavy atom. The van der Waals surface area contributed by atoms with Gasteiger partial charge < -0.3 is 14.5 Å². The summed E-state index contributed by atoms with van der Waals surface area (Å²) in [4.78, 5) is 30.5. The van der Waals surface area contributed by atoms with Crippen LogP contribution < -0.4 is 0 Å². The number of amides is 1. The summed E-state index contributed by atoms with van der Waals surface area (Å²) < 4.78 is 5.20. The number of rotatable bonds is 6. The Hall–Kier alpha value is -2.22. The van der Waals surface area contributed by atoms with Crippen LogP contribution in [0.15, 0.2) is 22.0 Å². The zero-order valence-electron chi connectivity index (χ0n) is 13.4. The van der Waals surface area contributed by atoms with Gasteiger partial charge in [0.25, 0.3) is 0 Å². The van der Waals surface area contributed by atoms with Crippen LogP contribution in [0.5, 0.6) is 0 Å². The Morgan fingerprint density at radius 3 is 3.04 bits per heavy atom. The predicted octanol–water partition coefficient (Wildman–Crippen LogP) is 2.59. The summed E-state index contributed by atoms with van der Waals surface area (Å²) in [6.07, 6.45) is 2.56. The molecule has 1 fully saturated rings. The summed E-state index contributed by atoms with van der Waals surface area (Å²) in [5, 5.41) is 15.2. The molecular formula is C16H19N3O4S. The van der Waals surface area contributed by atoms with Gasteiger partial charge in [-0.1, -0.05) is 11.2 Å². The van der Waals surface area contributed by atoms with Gasteiger partial charge in [-0.3, -0.25) is 4.79 Å². The molecule has 8 heteroatoms. The molecule has 0 saturated carbocycles. The number of carbonyl (C=O) groups excluding carboxylic acids is 1. The maximum Gasteiger partial charge on any atom is 0.329 e. The van der Waals surface area contributed by atoms with Crippen molar-refractivity contribution in [2.75, 3.05) is 6.54 Å². The molecule has 3 rings (SSSR count). The molecule has 1 aliphatic heterocycles. The van der Waals surface area contributed by atoms with E-state index in [0.29, 0.717) is 37.5 Å². The van der Waals surface area contributed by atoms with Crippen LogP contribution in [0.4, 0.5) is 0 Å². The number of carbonyl (C=O) groups is 2. The summed E-state index contributed by atoms with van der Waals surface area (Å²) in [6, 6.07) is 3.84. The molecule has 128 valence electrons. The Balaban J connectivity index is 1.53. The van der Waals surface area contributed by atoms with Crippen molar-refractivity contribution >= 4 is 23.2 Å². The highest BCUT2D eigenvalue weighted by Gasteiger charge is 2.45. The van der Waals surface area contributed by atoms with E-state index in [2.05, 4.69) is 10.1 Å². The van der Waals surface area contributed by atoms with E-state index < -0.39 is 11.5 Å². The fourth-order valence-corrected chi connectivity index (χ4v) is 3.62. The highest BCUT2D eigenvalue weighted by molar-refractivity contribution is 7.13. The standard InChI is InChI=1S/C16H19N3O4S/c1-16(15(21)22)8-4-9-19(16)13(20)7-2-6-12-17-14(18-23-12)11-5-3-10-24-11/h3,5,10H,2,4,6-9H2,1H3,(H,21,22). The SMILES string of the molecule is CC1(C(=O)O)CCCN1C(=O)CCCc1nc(-c2cccs2)no1. The van der Waals surface area contributed by atoms with Crippen molar-refractivity contribution in [2.24, 2.45) is 0 Å². The quantitative estimate of drug-likeness (QED) is 0.861. The first kappa shape index (κ1) is 16.6. The highest BCUT2D eigenvalue weighted by atomic mass is 32.1. The minimum Gasteiger partial charge on any atom is -0.480 e. The Bertz CT molecular complexity index is 728. The predicted molar refractivity (Wildman–Crippen MR) is 87.5 cm³/mol. The third-order valence-corrected chi connectivity index (χ3v) is 5.26. The van der Waals surface area contributed by atoms with Gasteiger partial charge in [0.15, 0.2) is 0 Å². The topological polar surface area (TPSA) is 96.5 Å². The number of aryl methyl sites for hydroxylation is 1. The maximum absolute atomic E-state index is 12.3. The first-order valence-electron chi connectivity index (χ1n) is 7.91. The van der Waals surface area contributed by atoms with Crippen molar-refractivity contribution in [3.05, 3.63) is 23.4 Å². The van der Waals surface area contributed by atoms with E-state index in [9.17, 15) is 14.7 Å². The largest absolute Gasteiger partial charge is 0.480 e.